The fourth-order valence-electron chi connectivity index (χ4n) is 5.76. The Balaban J connectivity index is 1.70. The second kappa shape index (κ2) is 9.48. The quantitative estimate of drug-likeness (QED) is 0.436. The molecule has 4 rings (SSSR count). The van der Waals surface area contributed by atoms with Crippen molar-refractivity contribution in [3.05, 3.63) is 59.7 Å². The van der Waals surface area contributed by atoms with Crippen LogP contribution in [-0.4, -0.2) is 54.0 Å². The number of carbonyl (C=O) groups excluding carboxylic acids is 2. The molecule has 9 heteroatoms. The van der Waals surface area contributed by atoms with Gasteiger partial charge in [-0.05, 0) is 50.2 Å². The minimum absolute atomic E-state index is 0.0844. The molecule has 35 heavy (non-hydrogen) atoms. The number of aliphatic hydroxyl groups excluding tert-OH is 2. The number of para-hydroxylation sites is 1. The van der Waals surface area contributed by atoms with E-state index in [2.05, 4.69) is 5.32 Å². The number of nitrogens with zero attached hydrogens (tertiary/aromatic N) is 1. The molecular formula is C26H34N2O6Si. The maximum absolute atomic E-state index is 14.1. The van der Waals surface area contributed by atoms with E-state index >= 15 is 0 Å². The van der Waals surface area contributed by atoms with E-state index in [0.717, 1.165) is 16.8 Å². The molecule has 5 atom stereocenters. The van der Waals surface area contributed by atoms with Gasteiger partial charge in [0, 0.05) is 29.3 Å². The molecule has 2 aliphatic rings. The summed E-state index contributed by atoms with van der Waals surface area (Å²) in [6.07, 6.45) is -1.20. The summed E-state index contributed by atoms with van der Waals surface area (Å²) in [5, 5.41) is 21.8. The highest BCUT2D eigenvalue weighted by Gasteiger charge is 2.65. The first-order valence-corrected chi connectivity index (χ1v) is 15.0. The van der Waals surface area contributed by atoms with Crippen LogP contribution < -0.4 is 10.2 Å². The lowest BCUT2D eigenvalue weighted by Gasteiger charge is -2.32. The molecule has 0 saturated carbocycles. The molecule has 4 N–H and O–H groups in total. The standard InChI is InChI=1S/C26H34N2O6Si/c1-16-23(35(3,4)33)22(12-13-29)34-26(16)20-10-5-6-11-21(20)28(25(26)32)15-18-8-7-9-19(14-18)27-24(31)17(2)30/h5-11,14,16-17,22-23,29-30,33H,12-13,15H2,1-4H3,(H,27,31)/t16-,17-,22+,23-,26+/m0/s1. The zero-order valence-corrected chi connectivity index (χ0v) is 21.6. The summed E-state index contributed by atoms with van der Waals surface area (Å²) < 4.78 is 6.55. The Morgan fingerprint density at radius 1 is 1.23 bits per heavy atom. The topological polar surface area (TPSA) is 119 Å². The largest absolute Gasteiger partial charge is 0.432 e. The van der Waals surface area contributed by atoms with Gasteiger partial charge in [-0.15, -0.1) is 0 Å². The molecule has 2 aromatic rings. The Labute approximate surface area is 206 Å². The second-order valence-electron chi connectivity index (χ2n) is 10.1. The van der Waals surface area contributed by atoms with E-state index in [1.165, 1.54) is 6.92 Å². The number of carbonyl (C=O) groups is 2. The number of benzene rings is 2. The van der Waals surface area contributed by atoms with E-state index in [0.29, 0.717) is 12.1 Å². The van der Waals surface area contributed by atoms with Crippen molar-refractivity contribution in [2.24, 2.45) is 5.92 Å². The molecule has 8 nitrogen and oxygen atoms in total. The Morgan fingerprint density at radius 3 is 2.60 bits per heavy atom. The van der Waals surface area contributed by atoms with Crippen LogP contribution in [0.1, 0.15) is 31.4 Å². The van der Waals surface area contributed by atoms with E-state index in [4.69, 9.17) is 4.74 Å². The van der Waals surface area contributed by atoms with Gasteiger partial charge in [0.1, 0.15) is 6.10 Å². The zero-order valence-electron chi connectivity index (χ0n) is 20.6. The van der Waals surface area contributed by atoms with Gasteiger partial charge in [0.15, 0.2) is 13.9 Å². The number of aliphatic hydroxyl groups is 2. The molecule has 1 fully saturated rings. The Morgan fingerprint density at radius 2 is 1.94 bits per heavy atom. The Hall–Kier alpha value is -2.56. The van der Waals surface area contributed by atoms with Crippen LogP contribution in [0, 0.1) is 5.92 Å². The van der Waals surface area contributed by atoms with Gasteiger partial charge < -0.3 is 30.0 Å². The summed E-state index contributed by atoms with van der Waals surface area (Å²) in [4.78, 5) is 38.9. The minimum atomic E-state index is -2.73. The molecular weight excluding hydrogens is 464 g/mol. The van der Waals surface area contributed by atoms with Crippen molar-refractivity contribution in [1.29, 1.82) is 0 Å². The summed E-state index contributed by atoms with van der Waals surface area (Å²) in [7, 11) is -2.73. The first-order valence-electron chi connectivity index (χ1n) is 12.0. The van der Waals surface area contributed by atoms with Crippen LogP contribution in [0.5, 0.6) is 0 Å². The maximum atomic E-state index is 14.1. The summed E-state index contributed by atoms with van der Waals surface area (Å²) in [5.41, 5.74) is 1.42. The van der Waals surface area contributed by atoms with Crippen LogP contribution in [-0.2, 0) is 26.5 Å². The van der Waals surface area contributed by atoms with E-state index in [-0.39, 0.29) is 30.5 Å². The van der Waals surface area contributed by atoms with Crippen molar-refractivity contribution >= 4 is 31.5 Å². The zero-order chi connectivity index (χ0) is 25.5. The molecule has 0 aromatic heterocycles. The normalized spacial score (nSPS) is 26.8. The predicted molar refractivity (Wildman–Crippen MR) is 135 cm³/mol. The van der Waals surface area contributed by atoms with Gasteiger partial charge in [0.25, 0.3) is 11.8 Å². The lowest BCUT2D eigenvalue weighted by atomic mass is 9.82. The predicted octanol–water partition coefficient (Wildman–Crippen LogP) is 2.73. The van der Waals surface area contributed by atoms with Gasteiger partial charge in [-0.2, -0.15) is 0 Å². The number of anilines is 2. The molecule has 2 aromatic carbocycles. The van der Waals surface area contributed by atoms with Crippen LogP contribution in [0.4, 0.5) is 11.4 Å². The van der Waals surface area contributed by atoms with Crippen LogP contribution in [0.3, 0.4) is 0 Å². The van der Waals surface area contributed by atoms with Gasteiger partial charge in [-0.1, -0.05) is 37.3 Å². The third-order valence-electron chi connectivity index (χ3n) is 7.22. The number of fused-ring (bicyclic) bond motifs is 2. The van der Waals surface area contributed by atoms with Gasteiger partial charge in [-0.25, -0.2) is 0 Å². The summed E-state index contributed by atoms with van der Waals surface area (Å²) in [6.45, 7) is 7.26. The molecule has 0 radical (unpaired) electrons. The van der Waals surface area contributed by atoms with Crippen LogP contribution in [0.15, 0.2) is 48.5 Å². The lowest BCUT2D eigenvalue weighted by Crippen LogP contribution is -2.46. The Bertz CT molecular complexity index is 1120. The molecule has 1 spiro atoms. The minimum Gasteiger partial charge on any atom is -0.432 e. The van der Waals surface area contributed by atoms with Crippen molar-refractivity contribution in [1.82, 2.24) is 0 Å². The molecule has 0 bridgehead atoms. The highest BCUT2D eigenvalue weighted by molar-refractivity contribution is 6.71. The van der Waals surface area contributed by atoms with Crippen LogP contribution in [0.2, 0.25) is 18.6 Å². The molecule has 2 aliphatic heterocycles. The third kappa shape index (κ3) is 4.43. The van der Waals surface area contributed by atoms with E-state index in [1.807, 2.05) is 50.3 Å². The molecule has 0 aliphatic carbocycles. The van der Waals surface area contributed by atoms with Crippen molar-refractivity contribution < 1.29 is 29.3 Å². The second-order valence-corrected chi connectivity index (χ2v) is 14.1. The Kier molecular flexibility index (Phi) is 6.91. The van der Waals surface area contributed by atoms with Gasteiger partial charge in [0.2, 0.25) is 0 Å². The number of rotatable bonds is 7. The smallest absolute Gasteiger partial charge is 0.264 e. The molecule has 188 valence electrons. The number of nitrogens with one attached hydrogen (secondary N) is 1. The van der Waals surface area contributed by atoms with E-state index in [1.54, 1.807) is 23.1 Å². The van der Waals surface area contributed by atoms with Crippen molar-refractivity contribution in [3.8, 4) is 0 Å². The third-order valence-corrected chi connectivity index (χ3v) is 9.72. The van der Waals surface area contributed by atoms with Crippen molar-refractivity contribution in [2.75, 3.05) is 16.8 Å². The molecule has 0 unspecified atom stereocenters. The van der Waals surface area contributed by atoms with Gasteiger partial charge >= 0.3 is 0 Å². The van der Waals surface area contributed by atoms with Gasteiger partial charge in [-0.3, -0.25) is 9.59 Å². The lowest BCUT2D eigenvalue weighted by molar-refractivity contribution is -0.146. The number of hydrogen-bond acceptors (Lipinski definition) is 6. The molecule has 1 saturated heterocycles. The fraction of sp³-hybridized carbons (Fsp3) is 0.462. The molecule has 2 amide bonds. The van der Waals surface area contributed by atoms with Crippen molar-refractivity contribution in [2.45, 2.75) is 63.3 Å². The summed E-state index contributed by atoms with van der Waals surface area (Å²) in [5.74, 6) is -0.969. The monoisotopic (exact) mass is 498 g/mol. The number of hydrogen-bond donors (Lipinski definition) is 4. The SMILES string of the molecule is C[C@H](O)C(=O)Nc1cccc(CN2C(=O)[C@]3(O[C@H](CCO)[C@@H]([Si](C)(C)O)[C@@H]3C)c3ccccc32)c1. The fourth-order valence-corrected chi connectivity index (χ4v) is 8.37. The summed E-state index contributed by atoms with van der Waals surface area (Å²) in [6, 6.07) is 14.7. The van der Waals surface area contributed by atoms with Crippen molar-refractivity contribution in [3.63, 3.8) is 0 Å². The average molecular weight is 499 g/mol. The first-order chi connectivity index (χ1) is 16.5. The van der Waals surface area contributed by atoms with Crippen LogP contribution >= 0.6 is 0 Å². The van der Waals surface area contributed by atoms with Crippen LogP contribution in [0.25, 0.3) is 0 Å². The van der Waals surface area contributed by atoms with E-state index in [9.17, 15) is 24.6 Å². The highest BCUT2D eigenvalue weighted by atomic mass is 28.4. The average Bonchev–Trinajstić information content (AvgIpc) is 3.21. The number of amides is 2. The molecule has 2 heterocycles. The maximum Gasteiger partial charge on any atom is 0.264 e. The first kappa shape index (κ1) is 25.5. The van der Waals surface area contributed by atoms with Gasteiger partial charge in [0.05, 0.1) is 18.3 Å². The summed E-state index contributed by atoms with van der Waals surface area (Å²) >= 11 is 0. The van der Waals surface area contributed by atoms with E-state index < -0.39 is 32.0 Å². The highest BCUT2D eigenvalue weighted by Crippen LogP contribution is 2.59. The number of ether oxygens (including phenoxy) is 1.